The van der Waals surface area contributed by atoms with E-state index in [0.717, 1.165) is 5.56 Å². The number of nitrogens with one attached hydrogen (secondary N) is 1. The van der Waals surface area contributed by atoms with E-state index in [0.29, 0.717) is 17.2 Å². The third-order valence-electron chi connectivity index (χ3n) is 4.34. The molecule has 1 aromatic heterocycles. The number of benzene rings is 2. The van der Waals surface area contributed by atoms with Gasteiger partial charge in [0.15, 0.2) is 17.3 Å². The molecule has 0 aliphatic heterocycles. The maximum Gasteiger partial charge on any atom is 0.343 e. The smallest absolute Gasteiger partial charge is 0.343 e. The van der Waals surface area contributed by atoms with Crippen molar-refractivity contribution in [3.05, 3.63) is 71.9 Å². The quantitative estimate of drug-likeness (QED) is 0.440. The van der Waals surface area contributed by atoms with Gasteiger partial charge in [-0.2, -0.15) is 5.10 Å². The fourth-order valence-electron chi connectivity index (χ4n) is 2.88. The van der Waals surface area contributed by atoms with Gasteiger partial charge in [0.1, 0.15) is 5.56 Å². The topological polar surface area (TPSA) is 91.7 Å². The number of hydrogen-bond acceptors (Lipinski definition) is 6. The summed E-state index contributed by atoms with van der Waals surface area (Å²) in [4.78, 5) is 25.0. The number of anilines is 1. The molecule has 8 nitrogen and oxygen atoms in total. The minimum atomic E-state index is -0.566. The lowest BCUT2D eigenvalue weighted by Crippen LogP contribution is -2.16. The van der Waals surface area contributed by atoms with Crippen molar-refractivity contribution in [2.75, 3.05) is 26.1 Å². The van der Waals surface area contributed by atoms with E-state index in [9.17, 15) is 9.59 Å². The molecule has 0 aliphatic carbocycles. The third-order valence-corrected chi connectivity index (χ3v) is 4.34. The normalized spacial score (nSPS) is 10.7. The predicted molar refractivity (Wildman–Crippen MR) is 117 cm³/mol. The number of para-hydroxylation sites is 1. The second-order valence-electron chi connectivity index (χ2n) is 6.31. The molecule has 31 heavy (non-hydrogen) atoms. The summed E-state index contributed by atoms with van der Waals surface area (Å²) in [5, 5.41) is 6.99. The van der Waals surface area contributed by atoms with E-state index in [1.54, 1.807) is 45.4 Å². The standard InChI is InChI=1S/C23H23N3O5/c1-4-31-23(28)18-15-24-26(17-8-6-5-7-9-17)22(18)25-21(27)13-11-16-10-12-19(29-2)20(14-16)30-3/h5-15H,4H2,1-3H3,(H,25,27). The molecule has 0 radical (unpaired) electrons. The summed E-state index contributed by atoms with van der Waals surface area (Å²) in [5.74, 6) is 0.375. The first-order valence-corrected chi connectivity index (χ1v) is 9.59. The van der Waals surface area contributed by atoms with Crippen molar-refractivity contribution in [1.29, 1.82) is 0 Å². The molecule has 0 saturated carbocycles. The van der Waals surface area contributed by atoms with Gasteiger partial charge in [-0.25, -0.2) is 9.48 Å². The van der Waals surface area contributed by atoms with E-state index >= 15 is 0 Å². The number of hydrogen-bond donors (Lipinski definition) is 1. The zero-order chi connectivity index (χ0) is 22.2. The van der Waals surface area contributed by atoms with Gasteiger partial charge in [0.05, 0.1) is 32.7 Å². The summed E-state index contributed by atoms with van der Waals surface area (Å²) in [6, 6.07) is 14.5. The van der Waals surface area contributed by atoms with Crippen LogP contribution in [0.2, 0.25) is 0 Å². The van der Waals surface area contributed by atoms with Crippen molar-refractivity contribution in [3.8, 4) is 17.2 Å². The van der Waals surface area contributed by atoms with Gasteiger partial charge < -0.3 is 19.5 Å². The molecule has 0 fully saturated rings. The van der Waals surface area contributed by atoms with Gasteiger partial charge in [0, 0.05) is 6.08 Å². The molecule has 0 unspecified atom stereocenters. The zero-order valence-corrected chi connectivity index (χ0v) is 17.5. The zero-order valence-electron chi connectivity index (χ0n) is 17.5. The highest BCUT2D eigenvalue weighted by molar-refractivity contribution is 6.05. The number of ether oxygens (including phenoxy) is 3. The predicted octanol–water partition coefficient (Wildman–Crippen LogP) is 3.72. The summed E-state index contributed by atoms with van der Waals surface area (Å²) in [7, 11) is 3.09. The van der Waals surface area contributed by atoms with Crippen LogP contribution in [-0.4, -0.2) is 42.5 Å². The Labute approximate surface area is 180 Å². The van der Waals surface area contributed by atoms with E-state index in [2.05, 4.69) is 10.4 Å². The Bertz CT molecular complexity index is 1090. The van der Waals surface area contributed by atoms with E-state index < -0.39 is 11.9 Å². The lowest BCUT2D eigenvalue weighted by molar-refractivity contribution is -0.111. The largest absolute Gasteiger partial charge is 0.493 e. The van der Waals surface area contributed by atoms with Crippen molar-refractivity contribution in [2.24, 2.45) is 0 Å². The van der Waals surface area contributed by atoms with Crippen molar-refractivity contribution >= 4 is 23.8 Å². The first-order valence-electron chi connectivity index (χ1n) is 9.59. The Hall–Kier alpha value is -4.07. The Balaban J connectivity index is 1.87. The molecular formula is C23H23N3O5. The summed E-state index contributed by atoms with van der Waals surface area (Å²) < 4.78 is 17.1. The van der Waals surface area contributed by atoms with Crippen LogP contribution in [-0.2, 0) is 9.53 Å². The minimum Gasteiger partial charge on any atom is -0.493 e. The van der Waals surface area contributed by atoms with Crippen LogP contribution in [0, 0.1) is 0 Å². The second kappa shape index (κ2) is 10.1. The van der Waals surface area contributed by atoms with Gasteiger partial charge in [0.2, 0.25) is 5.91 Å². The maximum absolute atomic E-state index is 12.6. The average molecular weight is 421 g/mol. The highest BCUT2D eigenvalue weighted by atomic mass is 16.5. The van der Waals surface area contributed by atoms with Gasteiger partial charge in [-0.1, -0.05) is 24.3 Å². The lowest BCUT2D eigenvalue weighted by Gasteiger charge is -2.10. The van der Waals surface area contributed by atoms with Crippen LogP contribution in [0.5, 0.6) is 11.5 Å². The van der Waals surface area contributed by atoms with E-state index in [1.807, 2.05) is 30.3 Å². The molecule has 1 heterocycles. The number of carbonyl (C=O) groups excluding carboxylic acids is 2. The molecule has 0 aliphatic rings. The number of aromatic nitrogens is 2. The van der Waals surface area contributed by atoms with Crippen LogP contribution in [0.1, 0.15) is 22.8 Å². The number of amides is 1. The van der Waals surface area contributed by atoms with Crippen LogP contribution in [0.4, 0.5) is 5.82 Å². The number of carbonyl (C=O) groups is 2. The molecule has 0 spiro atoms. The fraction of sp³-hybridized carbons (Fsp3) is 0.174. The maximum atomic E-state index is 12.6. The van der Waals surface area contributed by atoms with Gasteiger partial charge in [0.25, 0.3) is 0 Å². The van der Waals surface area contributed by atoms with Crippen LogP contribution >= 0.6 is 0 Å². The summed E-state index contributed by atoms with van der Waals surface area (Å²) >= 11 is 0. The summed E-state index contributed by atoms with van der Waals surface area (Å²) in [5.41, 5.74) is 1.60. The first-order chi connectivity index (χ1) is 15.1. The third kappa shape index (κ3) is 5.11. The number of nitrogens with zero attached hydrogens (tertiary/aromatic N) is 2. The minimum absolute atomic E-state index is 0.165. The first kappa shape index (κ1) is 21.6. The van der Waals surface area contributed by atoms with Crippen molar-refractivity contribution in [2.45, 2.75) is 6.92 Å². The monoisotopic (exact) mass is 421 g/mol. The Morgan fingerprint density at radius 1 is 1.06 bits per heavy atom. The van der Waals surface area contributed by atoms with Crippen LogP contribution in [0.3, 0.4) is 0 Å². The van der Waals surface area contributed by atoms with E-state index in [1.165, 1.54) is 17.0 Å². The Morgan fingerprint density at radius 3 is 2.48 bits per heavy atom. The SMILES string of the molecule is CCOC(=O)c1cnn(-c2ccccc2)c1NC(=O)C=Cc1ccc(OC)c(OC)c1. The van der Waals surface area contributed by atoms with E-state index in [4.69, 9.17) is 14.2 Å². The molecule has 0 saturated heterocycles. The molecule has 1 N–H and O–H groups in total. The van der Waals surface area contributed by atoms with Crippen molar-refractivity contribution < 1.29 is 23.8 Å². The average Bonchev–Trinajstić information content (AvgIpc) is 3.21. The molecule has 3 aromatic rings. The van der Waals surface area contributed by atoms with Gasteiger partial charge in [-0.3, -0.25) is 4.79 Å². The van der Waals surface area contributed by atoms with Crippen LogP contribution < -0.4 is 14.8 Å². The molecule has 3 rings (SSSR count). The summed E-state index contributed by atoms with van der Waals surface area (Å²) in [6.07, 6.45) is 4.36. The Morgan fingerprint density at radius 2 is 1.81 bits per heavy atom. The van der Waals surface area contributed by atoms with Gasteiger partial charge in [-0.15, -0.1) is 0 Å². The molecule has 0 bridgehead atoms. The molecule has 2 aromatic carbocycles. The number of rotatable bonds is 8. The van der Waals surface area contributed by atoms with Crippen LogP contribution in [0.25, 0.3) is 11.8 Å². The van der Waals surface area contributed by atoms with Gasteiger partial charge >= 0.3 is 5.97 Å². The summed E-state index contributed by atoms with van der Waals surface area (Å²) in [6.45, 7) is 1.92. The number of methoxy groups -OCH3 is 2. The lowest BCUT2D eigenvalue weighted by atomic mass is 10.2. The van der Waals surface area contributed by atoms with Crippen molar-refractivity contribution in [3.63, 3.8) is 0 Å². The second-order valence-corrected chi connectivity index (χ2v) is 6.31. The van der Waals surface area contributed by atoms with Crippen LogP contribution in [0.15, 0.2) is 60.8 Å². The molecule has 8 heteroatoms. The highest BCUT2D eigenvalue weighted by Gasteiger charge is 2.20. The number of esters is 1. The van der Waals surface area contributed by atoms with Crippen molar-refractivity contribution in [1.82, 2.24) is 9.78 Å². The Kier molecular flexibility index (Phi) is 7.05. The van der Waals surface area contributed by atoms with E-state index in [-0.39, 0.29) is 18.0 Å². The molecule has 1 amide bonds. The molecule has 160 valence electrons. The fourth-order valence-corrected chi connectivity index (χ4v) is 2.88. The molecule has 0 atom stereocenters. The van der Waals surface area contributed by atoms with Gasteiger partial charge in [-0.05, 0) is 42.8 Å². The molecular weight excluding hydrogens is 398 g/mol. The highest BCUT2D eigenvalue weighted by Crippen LogP contribution is 2.28.